The van der Waals surface area contributed by atoms with Crippen molar-refractivity contribution in [2.75, 3.05) is 13.7 Å². The third-order valence-electron chi connectivity index (χ3n) is 4.45. The summed E-state index contributed by atoms with van der Waals surface area (Å²) in [5, 5.41) is 6.62. The van der Waals surface area contributed by atoms with Crippen molar-refractivity contribution in [2.24, 2.45) is 7.05 Å². The number of methoxy groups -OCH3 is 1. The van der Waals surface area contributed by atoms with Gasteiger partial charge in [0.05, 0.1) is 7.11 Å². The Morgan fingerprint density at radius 1 is 1.18 bits per heavy atom. The monoisotopic (exact) mass is 398 g/mol. The molecule has 3 rings (SSSR count). The van der Waals surface area contributed by atoms with E-state index in [1.165, 1.54) is 0 Å². The van der Waals surface area contributed by atoms with E-state index in [0.717, 1.165) is 29.1 Å². The third-order valence-corrected chi connectivity index (χ3v) is 4.71. The third kappa shape index (κ3) is 5.04. The molecule has 1 heterocycles. The molecule has 2 N–H and O–H groups in total. The summed E-state index contributed by atoms with van der Waals surface area (Å²) in [4.78, 5) is 16.9. The molecule has 0 fully saturated rings. The minimum Gasteiger partial charge on any atom is -0.497 e. The van der Waals surface area contributed by atoms with Crippen molar-refractivity contribution in [1.82, 2.24) is 20.2 Å². The van der Waals surface area contributed by atoms with Crippen LogP contribution in [0.2, 0.25) is 5.02 Å². The summed E-state index contributed by atoms with van der Waals surface area (Å²) in [6, 6.07) is 14.6. The SMILES string of the molecule is COc1ccc([C@H](NC(=O)NCCc2ccc(Cl)cc2)c2nccn2C)cc1. The van der Waals surface area contributed by atoms with Gasteiger partial charge < -0.3 is 19.9 Å². The molecule has 7 heteroatoms. The standard InChI is InChI=1S/C21H23ClN4O2/c1-26-14-13-23-20(26)19(16-5-9-18(28-2)10-6-16)25-21(27)24-12-11-15-3-7-17(22)8-4-15/h3-10,13-14,19H,11-12H2,1-2H3,(H2,24,25,27)/t19-/m0/s1. The molecule has 28 heavy (non-hydrogen) atoms. The highest BCUT2D eigenvalue weighted by Gasteiger charge is 2.20. The predicted octanol–water partition coefficient (Wildman–Crippen LogP) is 3.71. The summed E-state index contributed by atoms with van der Waals surface area (Å²) >= 11 is 5.90. The Morgan fingerprint density at radius 2 is 1.89 bits per heavy atom. The van der Waals surface area contributed by atoms with E-state index in [4.69, 9.17) is 16.3 Å². The zero-order valence-corrected chi connectivity index (χ0v) is 16.6. The summed E-state index contributed by atoms with van der Waals surface area (Å²) in [6.45, 7) is 0.517. The lowest BCUT2D eigenvalue weighted by Crippen LogP contribution is -2.40. The van der Waals surface area contributed by atoms with Gasteiger partial charge in [-0.25, -0.2) is 9.78 Å². The van der Waals surface area contributed by atoms with E-state index in [0.29, 0.717) is 11.6 Å². The minimum absolute atomic E-state index is 0.252. The average Bonchev–Trinajstić information content (AvgIpc) is 3.13. The molecule has 0 aliphatic carbocycles. The number of carbonyl (C=O) groups is 1. The molecule has 0 bridgehead atoms. The highest BCUT2D eigenvalue weighted by Crippen LogP contribution is 2.22. The van der Waals surface area contributed by atoms with Crippen molar-refractivity contribution in [3.8, 4) is 5.75 Å². The zero-order chi connectivity index (χ0) is 19.9. The fourth-order valence-electron chi connectivity index (χ4n) is 2.90. The summed E-state index contributed by atoms with van der Waals surface area (Å²) in [5.74, 6) is 1.51. The van der Waals surface area contributed by atoms with Crippen molar-refractivity contribution >= 4 is 17.6 Å². The smallest absolute Gasteiger partial charge is 0.315 e. The maximum Gasteiger partial charge on any atom is 0.315 e. The van der Waals surface area contributed by atoms with Crippen molar-refractivity contribution in [2.45, 2.75) is 12.5 Å². The van der Waals surface area contributed by atoms with Crippen molar-refractivity contribution < 1.29 is 9.53 Å². The Kier molecular flexibility index (Phi) is 6.55. The van der Waals surface area contributed by atoms with Crippen LogP contribution in [0.25, 0.3) is 0 Å². The maximum atomic E-state index is 12.5. The number of hydrogen-bond donors (Lipinski definition) is 2. The first-order chi connectivity index (χ1) is 13.6. The molecule has 0 saturated carbocycles. The molecule has 146 valence electrons. The van der Waals surface area contributed by atoms with Gasteiger partial charge >= 0.3 is 6.03 Å². The molecule has 2 aromatic carbocycles. The van der Waals surface area contributed by atoms with Crippen LogP contribution >= 0.6 is 11.6 Å². The molecule has 0 saturated heterocycles. The molecule has 0 radical (unpaired) electrons. The van der Waals surface area contributed by atoms with Crippen LogP contribution in [-0.2, 0) is 13.5 Å². The number of aromatic nitrogens is 2. The number of nitrogens with zero attached hydrogens (tertiary/aromatic N) is 2. The number of ether oxygens (including phenoxy) is 1. The van der Waals surface area contributed by atoms with Gasteiger partial charge in [0.1, 0.15) is 17.6 Å². The zero-order valence-electron chi connectivity index (χ0n) is 15.9. The first-order valence-corrected chi connectivity index (χ1v) is 9.34. The molecular formula is C21H23ClN4O2. The molecule has 0 aliphatic rings. The molecule has 0 aliphatic heterocycles. The predicted molar refractivity (Wildman–Crippen MR) is 110 cm³/mol. The first-order valence-electron chi connectivity index (χ1n) is 8.97. The van der Waals surface area contributed by atoms with Crippen LogP contribution in [-0.4, -0.2) is 29.2 Å². The van der Waals surface area contributed by atoms with E-state index < -0.39 is 0 Å². The van der Waals surface area contributed by atoms with Crippen molar-refractivity contribution in [3.63, 3.8) is 0 Å². The number of imidazole rings is 1. The maximum absolute atomic E-state index is 12.5. The van der Waals surface area contributed by atoms with Crippen LogP contribution in [0, 0.1) is 0 Å². The minimum atomic E-state index is -0.374. The molecule has 0 spiro atoms. The van der Waals surface area contributed by atoms with Gasteiger partial charge in [-0.15, -0.1) is 0 Å². The number of rotatable bonds is 7. The van der Waals surface area contributed by atoms with Gasteiger partial charge in [-0.2, -0.15) is 0 Å². The van der Waals surface area contributed by atoms with Crippen molar-refractivity contribution in [3.05, 3.63) is 82.9 Å². The summed E-state index contributed by atoms with van der Waals surface area (Å²) in [7, 11) is 3.52. The summed E-state index contributed by atoms with van der Waals surface area (Å²) in [5.41, 5.74) is 2.03. The molecule has 6 nitrogen and oxygen atoms in total. The van der Waals surface area contributed by atoms with Gasteiger partial charge in [0.2, 0.25) is 0 Å². The van der Waals surface area contributed by atoms with E-state index in [-0.39, 0.29) is 12.1 Å². The number of benzene rings is 2. The normalized spacial score (nSPS) is 11.7. The quantitative estimate of drug-likeness (QED) is 0.637. The van der Waals surface area contributed by atoms with E-state index in [2.05, 4.69) is 15.6 Å². The van der Waals surface area contributed by atoms with Gasteiger partial charge in [0.25, 0.3) is 0 Å². The van der Waals surface area contributed by atoms with Gasteiger partial charge in [0, 0.05) is 31.0 Å². The highest BCUT2D eigenvalue weighted by atomic mass is 35.5. The van der Waals surface area contributed by atoms with Gasteiger partial charge in [-0.3, -0.25) is 0 Å². The van der Waals surface area contributed by atoms with Crippen LogP contribution in [0.15, 0.2) is 60.9 Å². The fourth-order valence-corrected chi connectivity index (χ4v) is 3.03. The Morgan fingerprint density at radius 3 is 2.50 bits per heavy atom. The number of nitrogens with one attached hydrogen (secondary N) is 2. The van der Waals surface area contributed by atoms with Crippen molar-refractivity contribution in [1.29, 1.82) is 0 Å². The van der Waals surface area contributed by atoms with Crippen LogP contribution in [0.1, 0.15) is 23.0 Å². The average molecular weight is 399 g/mol. The second-order valence-electron chi connectivity index (χ2n) is 6.38. The number of amides is 2. The van der Waals surface area contributed by atoms with Gasteiger partial charge in [0.15, 0.2) is 0 Å². The molecule has 1 atom stereocenters. The Hall–Kier alpha value is -2.99. The largest absolute Gasteiger partial charge is 0.497 e. The lowest BCUT2D eigenvalue weighted by Gasteiger charge is -2.20. The molecule has 2 amide bonds. The van der Waals surface area contributed by atoms with Crippen LogP contribution in [0.5, 0.6) is 5.75 Å². The van der Waals surface area contributed by atoms with Gasteiger partial charge in [-0.05, 0) is 41.8 Å². The van der Waals surface area contributed by atoms with Crippen LogP contribution in [0.4, 0.5) is 4.79 Å². The van der Waals surface area contributed by atoms with Crippen LogP contribution < -0.4 is 15.4 Å². The molecule has 1 aromatic heterocycles. The highest BCUT2D eigenvalue weighted by molar-refractivity contribution is 6.30. The summed E-state index contributed by atoms with van der Waals surface area (Å²) in [6.07, 6.45) is 4.29. The topological polar surface area (TPSA) is 68.2 Å². The van der Waals surface area contributed by atoms with E-state index in [1.807, 2.05) is 66.3 Å². The summed E-state index contributed by atoms with van der Waals surface area (Å²) < 4.78 is 7.11. The number of halogens is 1. The van der Waals surface area contributed by atoms with E-state index in [1.54, 1.807) is 13.3 Å². The first kappa shape index (κ1) is 19.8. The van der Waals surface area contributed by atoms with Crippen LogP contribution in [0.3, 0.4) is 0 Å². The van der Waals surface area contributed by atoms with E-state index in [9.17, 15) is 4.79 Å². The Labute approximate surface area is 169 Å². The lowest BCUT2D eigenvalue weighted by atomic mass is 10.1. The number of carbonyl (C=O) groups excluding carboxylic acids is 1. The second kappa shape index (κ2) is 9.28. The number of aryl methyl sites for hydroxylation is 1. The van der Waals surface area contributed by atoms with E-state index >= 15 is 0 Å². The second-order valence-corrected chi connectivity index (χ2v) is 6.82. The Bertz CT molecular complexity index is 907. The lowest BCUT2D eigenvalue weighted by molar-refractivity contribution is 0.238. The fraction of sp³-hybridized carbons (Fsp3) is 0.238. The number of hydrogen-bond acceptors (Lipinski definition) is 3. The molecule has 0 unspecified atom stereocenters. The Balaban J connectivity index is 1.65. The molecular weight excluding hydrogens is 376 g/mol. The number of urea groups is 1. The van der Waals surface area contributed by atoms with Gasteiger partial charge in [-0.1, -0.05) is 35.9 Å². The molecule has 3 aromatic rings.